The van der Waals surface area contributed by atoms with Gasteiger partial charge in [-0.3, -0.25) is 0 Å². The molecule has 0 fully saturated rings. The van der Waals surface area contributed by atoms with E-state index in [-0.39, 0.29) is 0 Å². The molecule has 0 amide bonds. The quantitative estimate of drug-likeness (QED) is 0.481. The number of hydrogen-bond donors (Lipinski definition) is 1. The number of methoxy groups -OCH3 is 3. The second kappa shape index (κ2) is 8.11. The van der Waals surface area contributed by atoms with Gasteiger partial charge >= 0.3 is 9.05 Å². The Morgan fingerprint density at radius 2 is 0.941 bits per heavy atom. The smallest absolute Gasteiger partial charge is 0.367 e. The van der Waals surface area contributed by atoms with Crippen LogP contribution in [0.1, 0.15) is 20.8 Å². The summed E-state index contributed by atoms with van der Waals surface area (Å²) < 4.78 is 30.3. The fraction of sp³-hybridized carbons (Fsp3) is 1.00. The second-order valence-electron chi connectivity index (χ2n) is 3.29. The summed E-state index contributed by atoms with van der Waals surface area (Å²) in [7, 11) is 0.454. The summed E-state index contributed by atoms with van der Waals surface area (Å²) in [6.45, 7) is 4.83. The molecule has 0 aromatic carbocycles. The van der Waals surface area contributed by atoms with Crippen molar-refractivity contribution < 1.29 is 32.3 Å². The van der Waals surface area contributed by atoms with Crippen molar-refractivity contribution >= 4 is 9.05 Å². The Labute approximate surface area is 103 Å². The van der Waals surface area contributed by atoms with Crippen LogP contribution in [-0.2, 0) is 27.5 Å². The van der Waals surface area contributed by atoms with Gasteiger partial charge in [-0.05, 0) is 20.8 Å². The molecule has 0 heterocycles. The van der Waals surface area contributed by atoms with Crippen molar-refractivity contribution in [2.75, 3.05) is 21.3 Å². The Morgan fingerprint density at radius 3 is 1.12 bits per heavy atom. The molecule has 0 aliphatic carbocycles. The monoisotopic (exact) mass is 270 g/mol. The topological polar surface area (TPSA) is 75.6 Å². The molecule has 0 radical (unpaired) electrons. The fourth-order valence-electron chi connectivity index (χ4n) is 0.857. The zero-order valence-electron chi connectivity index (χ0n) is 11.1. The summed E-state index contributed by atoms with van der Waals surface area (Å²) in [6.07, 6.45) is -2.00. The van der Waals surface area contributed by atoms with Crippen LogP contribution in [-0.4, -0.2) is 54.0 Å². The molecule has 3 unspecified atom stereocenters. The minimum absolute atomic E-state index is 0.667. The van der Waals surface area contributed by atoms with E-state index in [1.807, 2.05) is 0 Å². The predicted octanol–water partition coefficient (Wildman–Crippen LogP) is 0.441. The second-order valence-corrected chi connectivity index (χ2v) is 5.04. The number of hydrogen-bond acceptors (Lipinski definition) is 7. The van der Waals surface area contributed by atoms with Gasteiger partial charge in [0.2, 0.25) is 0 Å². The molecular weight excluding hydrogens is 248 g/mol. The van der Waals surface area contributed by atoms with Crippen LogP contribution in [0.3, 0.4) is 0 Å². The molecule has 0 aliphatic rings. The Bertz CT molecular complexity index is 172. The maximum atomic E-state index is 10.1. The van der Waals surface area contributed by atoms with Crippen molar-refractivity contribution in [2.24, 2.45) is 0 Å². The molecule has 0 bridgehead atoms. The molecule has 7 nitrogen and oxygen atoms in total. The van der Waals surface area contributed by atoms with Gasteiger partial charge < -0.3 is 32.3 Å². The average molecular weight is 270 g/mol. The zero-order chi connectivity index (χ0) is 13.5. The third-order valence-electron chi connectivity index (χ3n) is 1.94. The first-order chi connectivity index (χ1) is 7.86. The lowest BCUT2D eigenvalue weighted by Gasteiger charge is -2.29. The van der Waals surface area contributed by atoms with Crippen LogP contribution < -0.4 is 0 Å². The summed E-state index contributed by atoms with van der Waals surface area (Å²) >= 11 is 0. The predicted molar refractivity (Wildman–Crippen MR) is 60.6 cm³/mol. The number of rotatable bonds is 9. The lowest BCUT2D eigenvalue weighted by Crippen LogP contribution is -2.52. The summed E-state index contributed by atoms with van der Waals surface area (Å²) in [5, 5.41) is 0. The Balaban J connectivity index is 4.55. The van der Waals surface area contributed by atoms with E-state index in [4.69, 9.17) is 27.5 Å². The summed E-state index contributed by atoms with van der Waals surface area (Å²) in [5.74, 6) is 0. The van der Waals surface area contributed by atoms with E-state index in [9.17, 15) is 4.80 Å². The van der Waals surface area contributed by atoms with E-state index < -0.39 is 27.9 Å². The van der Waals surface area contributed by atoms with E-state index in [2.05, 4.69) is 0 Å². The van der Waals surface area contributed by atoms with Crippen molar-refractivity contribution in [2.45, 2.75) is 39.6 Å². The highest BCUT2D eigenvalue weighted by atomic mass is 28.4. The molecule has 8 heteroatoms. The van der Waals surface area contributed by atoms with E-state index in [1.54, 1.807) is 20.8 Å². The minimum Gasteiger partial charge on any atom is -0.367 e. The summed E-state index contributed by atoms with van der Waals surface area (Å²) in [6, 6.07) is 0. The Morgan fingerprint density at radius 1 is 0.706 bits per heavy atom. The molecule has 17 heavy (non-hydrogen) atoms. The van der Waals surface area contributed by atoms with E-state index >= 15 is 0 Å². The molecule has 0 rings (SSSR count). The Hall–Kier alpha value is -0.0631. The largest absolute Gasteiger partial charge is 0.682 e. The van der Waals surface area contributed by atoms with Crippen LogP contribution in [0, 0.1) is 0 Å². The van der Waals surface area contributed by atoms with Crippen LogP contribution in [0.4, 0.5) is 0 Å². The third-order valence-corrected chi connectivity index (χ3v) is 3.83. The van der Waals surface area contributed by atoms with Crippen molar-refractivity contribution in [3.05, 3.63) is 0 Å². The first-order valence-electron chi connectivity index (χ1n) is 5.21. The fourth-order valence-corrected chi connectivity index (χ4v) is 2.57. The first-order valence-corrected chi connectivity index (χ1v) is 6.88. The summed E-state index contributed by atoms with van der Waals surface area (Å²) in [4.78, 5) is 10.1. The Kier molecular flexibility index (Phi) is 8.08. The molecule has 0 aromatic heterocycles. The molecule has 0 saturated heterocycles. The van der Waals surface area contributed by atoms with Gasteiger partial charge in [0.25, 0.3) is 0 Å². The first kappa shape index (κ1) is 16.9. The molecular formula is C9H22O7Si. The third kappa shape index (κ3) is 7.06. The van der Waals surface area contributed by atoms with Crippen LogP contribution >= 0.6 is 0 Å². The molecule has 0 aliphatic heterocycles. The van der Waals surface area contributed by atoms with Crippen LogP contribution in [0.2, 0.25) is 0 Å². The zero-order valence-corrected chi connectivity index (χ0v) is 12.1. The molecule has 3 atom stereocenters. The van der Waals surface area contributed by atoms with Gasteiger partial charge in [0.15, 0.2) is 18.9 Å². The van der Waals surface area contributed by atoms with Gasteiger partial charge in [-0.25, -0.2) is 0 Å². The van der Waals surface area contributed by atoms with Gasteiger partial charge in [0, 0.05) is 21.3 Å². The maximum Gasteiger partial charge on any atom is 0.682 e. The molecule has 104 valence electrons. The van der Waals surface area contributed by atoms with Gasteiger partial charge in [0.05, 0.1) is 0 Å². The highest BCUT2D eigenvalue weighted by molar-refractivity contribution is 6.52. The van der Waals surface area contributed by atoms with Crippen molar-refractivity contribution in [3.63, 3.8) is 0 Å². The van der Waals surface area contributed by atoms with Crippen LogP contribution in [0.25, 0.3) is 0 Å². The van der Waals surface area contributed by atoms with Gasteiger partial charge in [-0.1, -0.05) is 0 Å². The number of ether oxygens (including phenoxy) is 3. The summed E-state index contributed by atoms with van der Waals surface area (Å²) in [5.41, 5.74) is 0. The van der Waals surface area contributed by atoms with Gasteiger partial charge in [-0.2, -0.15) is 0 Å². The lowest BCUT2D eigenvalue weighted by molar-refractivity contribution is -0.190. The van der Waals surface area contributed by atoms with Crippen LogP contribution in [0.5, 0.6) is 0 Å². The van der Waals surface area contributed by atoms with E-state index in [0.717, 1.165) is 0 Å². The normalized spacial score (nSPS) is 20.6. The van der Waals surface area contributed by atoms with Crippen molar-refractivity contribution in [3.8, 4) is 0 Å². The average Bonchev–Trinajstić information content (AvgIpc) is 2.27. The van der Waals surface area contributed by atoms with Gasteiger partial charge in [0.1, 0.15) is 0 Å². The highest BCUT2D eigenvalue weighted by Crippen LogP contribution is 2.15. The van der Waals surface area contributed by atoms with E-state index in [1.165, 1.54) is 21.3 Å². The standard InChI is InChI=1S/C9H22O7Si/c1-7(11-4)14-17(10,15-8(2)12-5)16-9(3)13-6/h7-10H,1-6H3. The molecule has 1 N–H and O–H groups in total. The van der Waals surface area contributed by atoms with Gasteiger partial charge in [-0.15, -0.1) is 0 Å². The van der Waals surface area contributed by atoms with Crippen molar-refractivity contribution in [1.29, 1.82) is 0 Å². The highest BCUT2D eigenvalue weighted by Gasteiger charge is 2.46. The molecule has 0 spiro atoms. The van der Waals surface area contributed by atoms with Crippen molar-refractivity contribution in [1.82, 2.24) is 0 Å². The lowest BCUT2D eigenvalue weighted by atomic mass is 10.8. The van der Waals surface area contributed by atoms with E-state index in [0.29, 0.717) is 0 Å². The minimum atomic E-state index is -3.88. The molecule has 0 saturated carbocycles. The molecule has 0 aromatic rings. The SMILES string of the molecule is COC(C)O[Si](O)(OC(C)OC)OC(C)OC. The van der Waals surface area contributed by atoms with Crippen LogP contribution in [0.15, 0.2) is 0 Å². The maximum absolute atomic E-state index is 10.1.